The van der Waals surface area contributed by atoms with Gasteiger partial charge in [0.25, 0.3) is 0 Å². The summed E-state index contributed by atoms with van der Waals surface area (Å²) < 4.78 is 25.8. The Kier molecular flexibility index (Phi) is 8.25. The molecule has 0 radical (unpaired) electrons. The van der Waals surface area contributed by atoms with Gasteiger partial charge in [-0.1, -0.05) is 48.0 Å². The van der Waals surface area contributed by atoms with Crippen LogP contribution in [0.3, 0.4) is 0 Å². The van der Waals surface area contributed by atoms with Gasteiger partial charge in [0.2, 0.25) is 21.8 Å². The molecule has 2 aromatic rings. The molecule has 2 amide bonds. The third kappa shape index (κ3) is 6.21. The lowest BCUT2D eigenvalue weighted by molar-refractivity contribution is -0.139. The van der Waals surface area contributed by atoms with E-state index in [1.807, 2.05) is 0 Å². The number of benzene rings is 2. The van der Waals surface area contributed by atoms with Gasteiger partial charge in [-0.05, 0) is 37.6 Å². The minimum absolute atomic E-state index is 0.0726. The normalized spacial score (nSPS) is 12.1. The second-order valence-electron chi connectivity index (χ2n) is 6.79. The number of anilines is 1. The van der Waals surface area contributed by atoms with Crippen molar-refractivity contribution < 1.29 is 18.0 Å². The number of nitrogens with zero attached hydrogens (tertiary/aromatic N) is 2. The molecule has 0 spiro atoms. The second kappa shape index (κ2) is 10.4. The average molecular weight is 452 g/mol. The maximum Gasteiger partial charge on any atom is 0.244 e. The number of halogens is 1. The molecule has 2 rings (SSSR count). The van der Waals surface area contributed by atoms with Crippen LogP contribution in [0.25, 0.3) is 0 Å². The monoisotopic (exact) mass is 451 g/mol. The quantitative estimate of drug-likeness (QED) is 0.635. The van der Waals surface area contributed by atoms with Gasteiger partial charge in [-0.2, -0.15) is 0 Å². The Bertz CT molecular complexity index is 983. The maximum atomic E-state index is 13.2. The number of sulfonamides is 1. The van der Waals surface area contributed by atoms with E-state index in [4.69, 9.17) is 11.6 Å². The Morgan fingerprint density at radius 2 is 1.67 bits per heavy atom. The van der Waals surface area contributed by atoms with Gasteiger partial charge in [0, 0.05) is 18.1 Å². The van der Waals surface area contributed by atoms with Crippen molar-refractivity contribution in [2.24, 2.45) is 0 Å². The van der Waals surface area contributed by atoms with Crippen molar-refractivity contribution in [3.63, 3.8) is 0 Å². The van der Waals surface area contributed by atoms with Crippen LogP contribution in [0.15, 0.2) is 54.6 Å². The first kappa shape index (κ1) is 23.7. The molecular formula is C21H26ClN3O4S. The van der Waals surface area contributed by atoms with Crippen molar-refractivity contribution in [1.29, 1.82) is 0 Å². The van der Waals surface area contributed by atoms with Crippen LogP contribution in [-0.4, -0.2) is 50.5 Å². The molecule has 0 aromatic heterocycles. The minimum Gasteiger partial charge on any atom is -0.355 e. The van der Waals surface area contributed by atoms with Crippen molar-refractivity contribution in [3.05, 3.63) is 65.2 Å². The molecule has 0 fully saturated rings. The Hall–Kier alpha value is -2.58. The van der Waals surface area contributed by atoms with Gasteiger partial charge in [0.05, 0.1) is 11.9 Å². The first-order valence-corrected chi connectivity index (χ1v) is 11.7. The summed E-state index contributed by atoms with van der Waals surface area (Å²) in [6.45, 7) is 3.44. The fraction of sp³-hybridized carbons (Fsp3) is 0.333. The van der Waals surface area contributed by atoms with Gasteiger partial charge in [-0.3, -0.25) is 13.9 Å². The number of hydrogen-bond donors (Lipinski definition) is 1. The molecule has 0 unspecified atom stereocenters. The van der Waals surface area contributed by atoms with Crippen LogP contribution in [0, 0.1) is 0 Å². The van der Waals surface area contributed by atoms with Crippen LogP contribution in [0.5, 0.6) is 0 Å². The van der Waals surface area contributed by atoms with E-state index in [-0.39, 0.29) is 12.5 Å². The Labute approximate surface area is 182 Å². The number of amides is 2. The fourth-order valence-electron chi connectivity index (χ4n) is 2.92. The average Bonchev–Trinajstić information content (AvgIpc) is 2.70. The summed E-state index contributed by atoms with van der Waals surface area (Å²) in [4.78, 5) is 27.0. The van der Waals surface area contributed by atoms with Gasteiger partial charge >= 0.3 is 0 Å². The first-order chi connectivity index (χ1) is 14.1. The van der Waals surface area contributed by atoms with E-state index in [9.17, 15) is 18.0 Å². The molecule has 0 heterocycles. The highest BCUT2D eigenvalue weighted by Gasteiger charge is 2.30. The minimum atomic E-state index is -3.72. The van der Waals surface area contributed by atoms with E-state index >= 15 is 0 Å². The van der Waals surface area contributed by atoms with Crippen molar-refractivity contribution in [2.75, 3.05) is 23.7 Å². The predicted octanol–water partition coefficient (Wildman–Crippen LogP) is 2.66. The number of likely N-dealkylation sites (N-methyl/N-ethyl adjacent to an activating group) is 1. The van der Waals surface area contributed by atoms with Crippen molar-refractivity contribution in [3.8, 4) is 0 Å². The first-order valence-electron chi connectivity index (χ1n) is 9.48. The van der Waals surface area contributed by atoms with Gasteiger partial charge in [0.1, 0.15) is 12.6 Å². The highest BCUT2D eigenvalue weighted by molar-refractivity contribution is 7.92. The molecule has 162 valence electrons. The van der Waals surface area contributed by atoms with Crippen LogP contribution >= 0.6 is 11.6 Å². The summed E-state index contributed by atoms with van der Waals surface area (Å²) in [5.41, 5.74) is 1.03. The lowest BCUT2D eigenvalue weighted by Gasteiger charge is -2.31. The largest absolute Gasteiger partial charge is 0.355 e. The third-order valence-corrected chi connectivity index (χ3v) is 6.05. The molecule has 0 saturated heterocycles. The summed E-state index contributed by atoms with van der Waals surface area (Å²) in [6.07, 6.45) is 1.04. The van der Waals surface area contributed by atoms with Crippen LogP contribution in [0.1, 0.15) is 19.4 Å². The molecule has 0 aliphatic heterocycles. The maximum absolute atomic E-state index is 13.2. The number of hydrogen-bond acceptors (Lipinski definition) is 4. The topological polar surface area (TPSA) is 86.8 Å². The smallest absolute Gasteiger partial charge is 0.244 e. The number of rotatable bonds is 9. The van der Waals surface area contributed by atoms with E-state index in [0.29, 0.717) is 22.8 Å². The molecule has 1 N–H and O–H groups in total. The Balaban J connectivity index is 2.37. The molecule has 1 atom stereocenters. The Morgan fingerprint density at radius 1 is 1.07 bits per heavy atom. The van der Waals surface area contributed by atoms with Crippen molar-refractivity contribution >= 4 is 39.1 Å². The summed E-state index contributed by atoms with van der Waals surface area (Å²) in [5, 5.41) is 3.16. The van der Waals surface area contributed by atoms with Gasteiger partial charge in [-0.15, -0.1) is 0 Å². The zero-order valence-electron chi connectivity index (χ0n) is 17.2. The molecule has 7 nitrogen and oxygen atoms in total. The standard InChI is InChI=1S/C21H26ClN3O4S/c1-4-23-21(27)16(2)24(14-17-10-8-9-13-19(17)22)20(26)15-25(30(3,28)29)18-11-6-5-7-12-18/h5-13,16H,4,14-15H2,1-3H3,(H,23,27)/t16-/m0/s1. The van der Waals surface area contributed by atoms with Gasteiger partial charge < -0.3 is 10.2 Å². The number of carbonyl (C=O) groups excluding carboxylic acids is 2. The highest BCUT2D eigenvalue weighted by Crippen LogP contribution is 2.21. The Morgan fingerprint density at radius 3 is 2.23 bits per heavy atom. The molecule has 9 heteroatoms. The van der Waals surface area contributed by atoms with Crippen molar-refractivity contribution in [1.82, 2.24) is 10.2 Å². The van der Waals surface area contributed by atoms with Crippen LogP contribution in [-0.2, 0) is 26.2 Å². The predicted molar refractivity (Wildman–Crippen MR) is 119 cm³/mol. The molecular weight excluding hydrogens is 426 g/mol. The SMILES string of the molecule is CCNC(=O)[C@H](C)N(Cc1ccccc1Cl)C(=O)CN(c1ccccc1)S(C)(=O)=O. The van der Waals surface area contributed by atoms with E-state index < -0.39 is 28.5 Å². The van der Waals surface area contributed by atoms with Crippen LogP contribution < -0.4 is 9.62 Å². The van der Waals surface area contributed by atoms with E-state index in [1.54, 1.807) is 68.4 Å². The van der Waals surface area contributed by atoms with Gasteiger partial charge in [-0.25, -0.2) is 8.42 Å². The van der Waals surface area contributed by atoms with E-state index in [0.717, 1.165) is 10.6 Å². The highest BCUT2D eigenvalue weighted by atomic mass is 35.5. The van der Waals surface area contributed by atoms with Crippen LogP contribution in [0.4, 0.5) is 5.69 Å². The second-order valence-corrected chi connectivity index (χ2v) is 9.10. The lowest BCUT2D eigenvalue weighted by atomic mass is 10.1. The summed E-state index contributed by atoms with van der Waals surface area (Å²) in [6, 6.07) is 14.6. The lowest BCUT2D eigenvalue weighted by Crippen LogP contribution is -2.51. The van der Waals surface area contributed by atoms with E-state index in [1.165, 1.54) is 4.90 Å². The molecule has 0 aliphatic rings. The molecule has 0 aliphatic carbocycles. The number of para-hydroxylation sites is 1. The summed E-state index contributed by atoms with van der Waals surface area (Å²) >= 11 is 6.25. The molecule has 2 aromatic carbocycles. The van der Waals surface area contributed by atoms with Gasteiger partial charge in [0.15, 0.2) is 0 Å². The van der Waals surface area contributed by atoms with Crippen LogP contribution in [0.2, 0.25) is 5.02 Å². The summed E-state index contributed by atoms with van der Waals surface area (Å²) in [5.74, 6) is -0.841. The zero-order valence-corrected chi connectivity index (χ0v) is 18.8. The van der Waals surface area contributed by atoms with E-state index in [2.05, 4.69) is 5.32 Å². The molecule has 0 saturated carbocycles. The van der Waals surface area contributed by atoms with Crippen molar-refractivity contribution in [2.45, 2.75) is 26.4 Å². The zero-order chi connectivity index (χ0) is 22.3. The number of carbonyl (C=O) groups is 2. The summed E-state index contributed by atoms with van der Waals surface area (Å²) in [7, 11) is -3.72. The number of nitrogens with one attached hydrogen (secondary N) is 1. The molecule has 0 bridgehead atoms. The third-order valence-electron chi connectivity index (χ3n) is 4.54. The molecule has 30 heavy (non-hydrogen) atoms. The fourth-order valence-corrected chi connectivity index (χ4v) is 3.97.